The Hall–Kier alpha value is -3.29. The average molecular weight is 394 g/mol. The molecule has 2 heterocycles. The summed E-state index contributed by atoms with van der Waals surface area (Å²) in [5.74, 6) is 0.812. The van der Waals surface area contributed by atoms with Crippen molar-refractivity contribution in [3.05, 3.63) is 54.4 Å². The van der Waals surface area contributed by atoms with Gasteiger partial charge in [0.25, 0.3) is 5.91 Å². The highest BCUT2D eigenvalue weighted by atomic mass is 16.2. The Morgan fingerprint density at radius 1 is 1.17 bits per heavy atom. The predicted molar refractivity (Wildman–Crippen MR) is 110 cm³/mol. The van der Waals surface area contributed by atoms with E-state index in [2.05, 4.69) is 44.4 Å². The minimum Gasteiger partial charge on any atom is -0.351 e. The minimum absolute atomic E-state index is 0.0649. The van der Waals surface area contributed by atoms with Crippen LogP contribution in [0.3, 0.4) is 0 Å². The predicted octanol–water partition coefficient (Wildman–Crippen LogP) is 2.77. The van der Waals surface area contributed by atoms with E-state index >= 15 is 0 Å². The van der Waals surface area contributed by atoms with Gasteiger partial charge < -0.3 is 15.6 Å². The van der Waals surface area contributed by atoms with Crippen LogP contribution in [0.25, 0.3) is 11.0 Å². The van der Waals surface area contributed by atoms with Gasteiger partial charge in [0.1, 0.15) is 11.5 Å². The molecule has 8 nitrogen and oxygen atoms in total. The number of hydrogen-bond acceptors (Lipinski definition) is 5. The Labute approximate surface area is 169 Å². The molecular formula is C21H26N6O2. The summed E-state index contributed by atoms with van der Waals surface area (Å²) in [4.78, 5) is 40.1. The van der Waals surface area contributed by atoms with Crippen LogP contribution in [0, 0.1) is 5.92 Å². The largest absolute Gasteiger partial charge is 0.351 e. The van der Waals surface area contributed by atoms with E-state index in [1.807, 2.05) is 24.3 Å². The van der Waals surface area contributed by atoms with Crippen molar-refractivity contribution in [2.24, 2.45) is 5.92 Å². The van der Waals surface area contributed by atoms with Crippen LogP contribution in [0.15, 0.2) is 42.9 Å². The molecule has 29 heavy (non-hydrogen) atoms. The van der Waals surface area contributed by atoms with Gasteiger partial charge in [-0.3, -0.25) is 14.6 Å². The molecule has 1 atom stereocenters. The van der Waals surface area contributed by atoms with Crippen LogP contribution in [-0.2, 0) is 4.79 Å². The van der Waals surface area contributed by atoms with Crippen molar-refractivity contribution in [3.63, 3.8) is 0 Å². The first-order chi connectivity index (χ1) is 14.0. The third kappa shape index (κ3) is 5.84. The highest BCUT2D eigenvalue weighted by Crippen LogP contribution is 2.22. The quantitative estimate of drug-likeness (QED) is 0.483. The molecule has 2 amide bonds. The first kappa shape index (κ1) is 20.4. The fourth-order valence-electron chi connectivity index (χ4n) is 3.07. The highest BCUT2D eigenvalue weighted by molar-refractivity contribution is 5.91. The van der Waals surface area contributed by atoms with Gasteiger partial charge in [-0.2, -0.15) is 0 Å². The van der Waals surface area contributed by atoms with Gasteiger partial charge in [0.05, 0.1) is 23.3 Å². The average Bonchev–Trinajstić information content (AvgIpc) is 3.15. The molecule has 0 unspecified atom stereocenters. The second kappa shape index (κ2) is 9.77. The number of aromatic amines is 1. The second-order valence-electron chi connectivity index (χ2n) is 7.34. The minimum atomic E-state index is -0.293. The summed E-state index contributed by atoms with van der Waals surface area (Å²) in [6, 6.07) is 7.64. The molecule has 1 aromatic carbocycles. The number of rotatable bonds is 9. The molecular weight excluding hydrogens is 368 g/mol. The van der Waals surface area contributed by atoms with E-state index in [1.165, 1.54) is 18.6 Å². The zero-order valence-corrected chi connectivity index (χ0v) is 16.7. The Bertz CT molecular complexity index is 921. The van der Waals surface area contributed by atoms with Gasteiger partial charge in [0.2, 0.25) is 5.91 Å². The van der Waals surface area contributed by atoms with Crippen molar-refractivity contribution in [1.82, 2.24) is 30.6 Å². The summed E-state index contributed by atoms with van der Waals surface area (Å²) in [7, 11) is 0. The maximum absolute atomic E-state index is 12.5. The molecule has 3 rings (SSSR count). The lowest BCUT2D eigenvalue weighted by Crippen LogP contribution is -2.31. The van der Waals surface area contributed by atoms with Gasteiger partial charge in [-0.25, -0.2) is 9.97 Å². The number of hydrogen-bond donors (Lipinski definition) is 3. The summed E-state index contributed by atoms with van der Waals surface area (Å²) < 4.78 is 0. The topological polar surface area (TPSA) is 113 Å². The Kier molecular flexibility index (Phi) is 6.89. The zero-order chi connectivity index (χ0) is 20.6. The third-order valence-electron chi connectivity index (χ3n) is 4.44. The van der Waals surface area contributed by atoms with Crippen LogP contribution in [0.1, 0.15) is 55.5 Å². The molecule has 0 aliphatic heterocycles. The number of H-pyrrole nitrogens is 1. The van der Waals surface area contributed by atoms with Crippen molar-refractivity contribution < 1.29 is 9.59 Å². The fourth-order valence-corrected chi connectivity index (χ4v) is 3.07. The highest BCUT2D eigenvalue weighted by Gasteiger charge is 2.19. The number of aromatic nitrogens is 4. The molecule has 0 saturated carbocycles. The normalized spacial score (nSPS) is 12.1. The van der Waals surface area contributed by atoms with Crippen molar-refractivity contribution in [1.29, 1.82) is 0 Å². The van der Waals surface area contributed by atoms with Crippen molar-refractivity contribution >= 4 is 22.8 Å². The number of carbonyl (C=O) groups excluding carboxylic acids is 2. The van der Waals surface area contributed by atoms with Crippen molar-refractivity contribution in [2.45, 2.75) is 39.2 Å². The molecule has 0 bridgehead atoms. The molecule has 0 saturated heterocycles. The molecule has 152 valence electrons. The fraction of sp³-hybridized carbons (Fsp3) is 0.381. The summed E-state index contributed by atoms with van der Waals surface area (Å²) in [6.07, 6.45) is 6.02. The van der Waals surface area contributed by atoms with Gasteiger partial charge in [0.15, 0.2) is 0 Å². The number of imidazole rings is 1. The van der Waals surface area contributed by atoms with Crippen LogP contribution in [0.4, 0.5) is 0 Å². The molecule has 0 radical (unpaired) electrons. The smallest absolute Gasteiger partial charge is 0.271 e. The van der Waals surface area contributed by atoms with Crippen molar-refractivity contribution in [3.8, 4) is 0 Å². The first-order valence-corrected chi connectivity index (χ1v) is 9.81. The lowest BCUT2D eigenvalue weighted by atomic mass is 10.0. The summed E-state index contributed by atoms with van der Waals surface area (Å²) in [5.41, 5.74) is 2.10. The van der Waals surface area contributed by atoms with E-state index < -0.39 is 0 Å². The molecule has 0 aliphatic rings. The molecule has 0 aliphatic carbocycles. The Morgan fingerprint density at radius 3 is 2.72 bits per heavy atom. The van der Waals surface area contributed by atoms with Crippen LogP contribution in [-0.4, -0.2) is 38.3 Å². The van der Waals surface area contributed by atoms with E-state index in [-0.39, 0.29) is 23.6 Å². The van der Waals surface area contributed by atoms with Gasteiger partial charge in [-0.1, -0.05) is 26.0 Å². The first-order valence-electron chi connectivity index (χ1n) is 9.81. The zero-order valence-electron chi connectivity index (χ0n) is 16.7. The lowest BCUT2D eigenvalue weighted by molar-refractivity contribution is -0.122. The number of para-hydroxylation sites is 2. The van der Waals surface area contributed by atoms with E-state index in [9.17, 15) is 9.59 Å². The standard InChI is InChI=1S/C21H26N6O2/c1-14(2)12-17(20-26-15-6-3-4-7-16(15)27-20)25-19(28)8-5-9-24-21(29)18-13-22-10-11-23-18/h3-4,6-7,10-11,13-14,17H,5,8-9,12H2,1-2H3,(H,24,29)(H,25,28)(H,26,27)/t17-/m0/s1. The summed E-state index contributed by atoms with van der Waals surface area (Å²) in [6.45, 7) is 4.62. The molecule has 3 aromatic rings. The third-order valence-corrected chi connectivity index (χ3v) is 4.44. The monoisotopic (exact) mass is 394 g/mol. The van der Waals surface area contributed by atoms with Crippen LogP contribution in [0.2, 0.25) is 0 Å². The number of nitrogens with one attached hydrogen (secondary N) is 3. The van der Waals surface area contributed by atoms with Gasteiger partial charge in [-0.15, -0.1) is 0 Å². The maximum Gasteiger partial charge on any atom is 0.271 e. The SMILES string of the molecule is CC(C)C[C@H](NC(=O)CCCNC(=O)c1cnccn1)c1nc2ccccc2[nH]1. The number of carbonyl (C=O) groups is 2. The Morgan fingerprint density at radius 2 is 2.00 bits per heavy atom. The van der Waals surface area contributed by atoms with E-state index in [1.54, 1.807) is 0 Å². The lowest BCUT2D eigenvalue weighted by Gasteiger charge is -2.18. The van der Waals surface area contributed by atoms with Crippen LogP contribution in [0.5, 0.6) is 0 Å². The van der Waals surface area contributed by atoms with E-state index in [0.717, 1.165) is 23.3 Å². The van der Waals surface area contributed by atoms with Gasteiger partial charge >= 0.3 is 0 Å². The number of amides is 2. The molecule has 0 spiro atoms. The second-order valence-corrected chi connectivity index (χ2v) is 7.34. The number of benzene rings is 1. The van der Waals surface area contributed by atoms with E-state index in [4.69, 9.17) is 0 Å². The van der Waals surface area contributed by atoms with Crippen LogP contribution >= 0.6 is 0 Å². The van der Waals surface area contributed by atoms with Crippen molar-refractivity contribution in [2.75, 3.05) is 6.54 Å². The number of fused-ring (bicyclic) bond motifs is 1. The number of nitrogens with zero attached hydrogens (tertiary/aromatic N) is 3. The maximum atomic E-state index is 12.5. The van der Waals surface area contributed by atoms with E-state index in [0.29, 0.717) is 25.3 Å². The van der Waals surface area contributed by atoms with Crippen LogP contribution < -0.4 is 10.6 Å². The summed E-state index contributed by atoms with van der Waals surface area (Å²) >= 11 is 0. The van der Waals surface area contributed by atoms with Gasteiger partial charge in [0, 0.05) is 25.4 Å². The Balaban J connectivity index is 1.51. The molecule has 2 aromatic heterocycles. The van der Waals surface area contributed by atoms with Gasteiger partial charge in [-0.05, 0) is 30.9 Å². The summed E-state index contributed by atoms with van der Waals surface area (Å²) in [5, 5.41) is 5.83. The molecule has 3 N–H and O–H groups in total. The molecule has 8 heteroatoms. The molecule has 0 fully saturated rings.